The van der Waals surface area contributed by atoms with Crippen LogP contribution in [0.2, 0.25) is 0 Å². The lowest BCUT2D eigenvalue weighted by Gasteiger charge is -2.18. The van der Waals surface area contributed by atoms with E-state index in [-0.39, 0.29) is 13.0 Å². The topological polar surface area (TPSA) is 143 Å². The Morgan fingerprint density at radius 3 is 1.77 bits per heavy atom. The summed E-state index contributed by atoms with van der Waals surface area (Å²) in [6.07, 6.45) is 31.4. The lowest BCUT2D eigenvalue weighted by molar-refractivity contribution is -0.153. The molecular weight excluding hydrogens is 619 g/mol. The fourth-order valence-corrected chi connectivity index (χ4v) is 5.67. The van der Waals surface area contributed by atoms with E-state index in [1.807, 2.05) is 12.2 Å². The number of phosphoric ester groups is 1. The second-order valence-electron chi connectivity index (χ2n) is 12.9. The van der Waals surface area contributed by atoms with Crippen molar-refractivity contribution in [3.63, 3.8) is 0 Å². The summed E-state index contributed by atoms with van der Waals surface area (Å²) >= 11 is 0. The molecule has 0 bridgehead atoms. The van der Waals surface area contributed by atoms with Crippen molar-refractivity contribution in [3.05, 3.63) is 24.5 Å². The molecule has 0 saturated heterocycles. The highest BCUT2D eigenvalue weighted by atomic mass is 31.2. The Morgan fingerprint density at radius 2 is 1.15 bits per heavy atom. The van der Waals surface area contributed by atoms with E-state index in [1.54, 1.807) is 6.26 Å². The van der Waals surface area contributed by atoms with E-state index in [4.69, 9.17) is 19.3 Å². The Kier molecular flexibility index (Phi) is 32.4. The van der Waals surface area contributed by atoms with Crippen LogP contribution in [0.1, 0.15) is 174 Å². The van der Waals surface area contributed by atoms with Crippen molar-refractivity contribution < 1.29 is 43.4 Å². The molecule has 0 radical (unpaired) electrons. The van der Waals surface area contributed by atoms with Crippen molar-refractivity contribution >= 4 is 13.8 Å². The van der Waals surface area contributed by atoms with Crippen molar-refractivity contribution in [2.75, 3.05) is 13.2 Å². The van der Waals surface area contributed by atoms with Gasteiger partial charge in [-0.2, -0.15) is 0 Å². The first-order valence-electron chi connectivity index (χ1n) is 18.9. The number of carbonyl (C=O) groups excluding carboxylic acids is 1. The van der Waals surface area contributed by atoms with E-state index in [0.717, 1.165) is 51.4 Å². The number of carbonyl (C=O) groups is 1. The second kappa shape index (κ2) is 33.3. The Bertz CT molecular complexity index is 799. The fraction of sp³-hybridized carbons (Fsp3) is 0.865. The second-order valence-corrected chi connectivity index (χ2v) is 14.2. The number of esters is 1. The van der Waals surface area contributed by atoms with Gasteiger partial charge in [-0.25, -0.2) is 4.57 Å². The Morgan fingerprint density at radius 1 is 0.638 bits per heavy atom. The number of rotatable bonds is 35. The predicted octanol–water partition coefficient (Wildman–Crippen LogP) is 9.61. The normalized spacial score (nSPS) is 14.2. The van der Waals surface area contributed by atoms with Gasteiger partial charge in [0.15, 0.2) is 6.10 Å². The molecule has 47 heavy (non-hydrogen) atoms. The maximum atomic E-state index is 12.4. The third-order valence-electron chi connectivity index (χ3n) is 8.27. The first-order valence-corrected chi connectivity index (χ1v) is 20.4. The first kappa shape index (κ1) is 45.8. The number of hydrogen-bond acceptors (Lipinski definition) is 7. The molecule has 0 saturated carbocycles. The average molecular weight is 691 g/mol. The molecule has 0 aromatic carbocycles. The number of allylic oxidation sites excluding steroid dienone is 2. The maximum Gasteiger partial charge on any atom is 0.469 e. The average Bonchev–Trinajstić information content (AvgIpc) is 3.03. The number of ether oxygens (including phenoxy) is 2. The largest absolute Gasteiger partial charge is 0.498 e. The molecule has 0 aromatic rings. The van der Waals surface area contributed by atoms with Gasteiger partial charge in [0.05, 0.1) is 25.1 Å². The summed E-state index contributed by atoms with van der Waals surface area (Å²) in [6.45, 7) is 3.91. The van der Waals surface area contributed by atoms with Gasteiger partial charge in [-0.3, -0.25) is 9.32 Å². The number of phosphoric acid groups is 1. The van der Waals surface area contributed by atoms with E-state index >= 15 is 0 Å². The molecule has 278 valence electrons. The minimum Gasteiger partial charge on any atom is -0.498 e. The molecule has 0 amide bonds. The highest BCUT2D eigenvalue weighted by Crippen LogP contribution is 2.36. The molecule has 10 heteroatoms. The van der Waals surface area contributed by atoms with E-state index in [9.17, 15) is 19.6 Å². The van der Waals surface area contributed by atoms with Crippen molar-refractivity contribution in [2.45, 2.75) is 193 Å². The van der Waals surface area contributed by atoms with Crippen LogP contribution in [-0.4, -0.2) is 57.5 Å². The van der Waals surface area contributed by atoms with E-state index in [0.29, 0.717) is 19.3 Å². The fourth-order valence-electron chi connectivity index (χ4n) is 5.31. The Hall–Kier alpha value is -1.22. The number of unbranched alkanes of at least 4 members (excludes halogenated alkanes) is 19. The Labute approximate surface area is 287 Å². The monoisotopic (exact) mass is 690 g/mol. The lowest BCUT2D eigenvalue weighted by atomic mass is 10.0. The minimum atomic E-state index is -4.70. The van der Waals surface area contributed by atoms with Crippen molar-refractivity contribution in [1.82, 2.24) is 0 Å². The SMILES string of the molecule is CCCCC/C=C\C[C@H](O)[C@@H](O)CCCCCCCC(=O)O[C@H](CO/C=C/CCCCCCCCCCCCCC)COP(=O)(O)O. The highest BCUT2D eigenvalue weighted by molar-refractivity contribution is 7.46. The number of aliphatic hydroxyl groups excluding tert-OH is 2. The minimum absolute atomic E-state index is 0.0521. The zero-order valence-electron chi connectivity index (χ0n) is 29.9. The molecule has 0 aromatic heterocycles. The first-order chi connectivity index (χ1) is 22.7. The van der Waals surface area contributed by atoms with Gasteiger partial charge in [0.25, 0.3) is 0 Å². The van der Waals surface area contributed by atoms with Gasteiger partial charge in [-0.05, 0) is 51.0 Å². The quantitative estimate of drug-likeness (QED) is 0.0168. The molecule has 0 unspecified atom stereocenters. The van der Waals surface area contributed by atoms with Crippen LogP contribution in [0.15, 0.2) is 24.5 Å². The third-order valence-corrected chi connectivity index (χ3v) is 8.75. The summed E-state index contributed by atoms with van der Waals surface area (Å²) in [5, 5.41) is 20.3. The van der Waals surface area contributed by atoms with Gasteiger partial charge in [-0.15, -0.1) is 0 Å². The molecule has 0 aliphatic rings. The smallest absolute Gasteiger partial charge is 0.469 e. The van der Waals surface area contributed by atoms with Gasteiger partial charge in [-0.1, -0.05) is 135 Å². The molecule has 0 spiro atoms. The van der Waals surface area contributed by atoms with Crippen molar-refractivity contribution in [2.24, 2.45) is 0 Å². The van der Waals surface area contributed by atoms with Crippen LogP contribution in [0.4, 0.5) is 0 Å². The van der Waals surface area contributed by atoms with Crippen molar-refractivity contribution in [3.8, 4) is 0 Å². The van der Waals surface area contributed by atoms with Crippen LogP contribution in [0.25, 0.3) is 0 Å². The zero-order valence-corrected chi connectivity index (χ0v) is 30.8. The zero-order chi connectivity index (χ0) is 34.9. The van der Waals surface area contributed by atoms with Crippen LogP contribution in [-0.2, 0) is 23.4 Å². The van der Waals surface area contributed by atoms with Crippen LogP contribution in [0, 0.1) is 0 Å². The standard InChI is InChI=1S/C37H71O9P/c1-3-5-7-9-11-12-13-14-15-16-17-18-23-27-31-44-32-34(33-45-47(41,42)43)46-37(40)30-26-22-19-21-25-29-36(39)35(38)28-24-20-10-8-6-4-2/h20,24,27,31,34-36,38-39H,3-19,21-23,25-26,28-30,32-33H2,1-2H3,(H2,41,42,43)/b24-20-,31-27+/t34-,35+,36+/m1/s1. The molecule has 4 N–H and O–H groups in total. The van der Waals surface area contributed by atoms with Crippen molar-refractivity contribution in [1.29, 1.82) is 0 Å². The van der Waals surface area contributed by atoms with E-state index in [2.05, 4.69) is 24.4 Å². The summed E-state index contributed by atoms with van der Waals surface area (Å²) in [6, 6.07) is 0. The summed E-state index contributed by atoms with van der Waals surface area (Å²) in [7, 11) is -4.70. The van der Waals surface area contributed by atoms with E-state index in [1.165, 1.54) is 83.5 Å². The van der Waals surface area contributed by atoms with Gasteiger partial charge < -0.3 is 29.5 Å². The molecule has 0 rings (SSSR count). The Balaban J connectivity index is 4.03. The summed E-state index contributed by atoms with van der Waals surface area (Å²) in [4.78, 5) is 30.5. The summed E-state index contributed by atoms with van der Waals surface area (Å²) < 4.78 is 26.6. The maximum absolute atomic E-state index is 12.4. The van der Waals surface area contributed by atoms with Gasteiger partial charge in [0.2, 0.25) is 0 Å². The van der Waals surface area contributed by atoms with Gasteiger partial charge in [0.1, 0.15) is 6.61 Å². The predicted molar refractivity (Wildman–Crippen MR) is 191 cm³/mol. The molecule has 0 aliphatic carbocycles. The summed E-state index contributed by atoms with van der Waals surface area (Å²) in [5.74, 6) is -0.463. The van der Waals surface area contributed by atoms with E-state index < -0.39 is 38.7 Å². The molecular formula is C37H71O9P. The van der Waals surface area contributed by atoms with Gasteiger partial charge >= 0.3 is 13.8 Å². The molecule has 0 fully saturated rings. The molecule has 9 nitrogen and oxygen atoms in total. The molecule has 3 atom stereocenters. The molecule has 0 heterocycles. The van der Waals surface area contributed by atoms with Crippen LogP contribution < -0.4 is 0 Å². The van der Waals surface area contributed by atoms with Crippen LogP contribution in [0.3, 0.4) is 0 Å². The lowest BCUT2D eigenvalue weighted by Crippen LogP contribution is -2.27. The highest BCUT2D eigenvalue weighted by Gasteiger charge is 2.21. The van der Waals surface area contributed by atoms with Crippen LogP contribution in [0.5, 0.6) is 0 Å². The number of aliphatic hydroxyl groups is 2. The number of hydrogen-bond donors (Lipinski definition) is 4. The molecule has 0 aliphatic heterocycles. The van der Waals surface area contributed by atoms with Crippen LogP contribution >= 0.6 is 7.82 Å². The summed E-state index contributed by atoms with van der Waals surface area (Å²) in [5.41, 5.74) is 0. The van der Waals surface area contributed by atoms with Gasteiger partial charge in [0, 0.05) is 6.42 Å². The third kappa shape index (κ3) is 34.4.